The first-order chi connectivity index (χ1) is 7.65. The number of nitrogens with two attached hydrogens (primary N) is 1. The standard InChI is InChI=1S/C12H13FN2O/c1-8(13)5-9-3-2-4-10(6-9)11-7-12(14)15-16-11/h2-4,6-8H,5H2,1H3,(H2,14,15). The van der Waals surface area contributed by atoms with Gasteiger partial charge >= 0.3 is 0 Å². The fraction of sp³-hybridized carbons (Fsp3) is 0.250. The predicted molar refractivity (Wildman–Crippen MR) is 60.6 cm³/mol. The minimum absolute atomic E-state index is 0.347. The zero-order chi connectivity index (χ0) is 11.5. The van der Waals surface area contributed by atoms with Gasteiger partial charge < -0.3 is 10.3 Å². The minimum atomic E-state index is -0.852. The third kappa shape index (κ3) is 2.39. The molecule has 16 heavy (non-hydrogen) atoms. The summed E-state index contributed by atoms with van der Waals surface area (Å²) < 4.78 is 17.9. The van der Waals surface area contributed by atoms with Crippen molar-refractivity contribution in [2.75, 3.05) is 5.73 Å². The number of hydrogen-bond donors (Lipinski definition) is 1. The molecule has 0 fully saturated rings. The Morgan fingerprint density at radius 2 is 2.25 bits per heavy atom. The van der Waals surface area contributed by atoms with Crippen molar-refractivity contribution in [1.29, 1.82) is 0 Å². The molecule has 0 saturated heterocycles. The average molecular weight is 220 g/mol. The number of nitrogens with zero attached hydrogens (tertiary/aromatic N) is 1. The number of benzene rings is 1. The van der Waals surface area contributed by atoms with Gasteiger partial charge in [0.2, 0.25) is 0 Å². The molecule has 2 rings (SSSR count). The topological polar surface area (TPSA) is 52.0 Å². The van der Waals surface area contributed by atoms with Gasteiger partial charge in [0.25, 0.3) is 0 Å². The summed E-state index contributed by atoms with van der Waals surface area (Å²) in [6.45, 7) is 1.54. The third-order valence-corrected chi connectivity index (χ3v) is 2.26. The van der Waals surface area contributed by atoms with Crippen LogP contribution in [0.1, 0.15) is 12.5 Å². The summed E-state index contributed by atoms with van der Waals surface area (Å²) in [5.74, 6) is 0.949. The summed E-state index contributed by atoms with van der Waals surface area (Å²) in [7, 11) is 0. The van der Waals surface area contributed by atoms with E-state index in [0.29, 0.717) is 18.0 Å². The summed E-state index contributed by atoms with van der Waals surface area (Å²) in [6.07, 6.45) is -0.452. The maximum Gasteiger partial charge on any atom is 0.169 e. The summed E-state index contributed by atoms with van der Waals surface area (Å²) in [4.78, 5) is 0. The van der Waals surface area contributed by atoms with Crippen LogP contribution in [0.2, 0.25) is 0 Å². The lowest BCUT2D eigenvalue weighted by atomic mass is 10.0. The van der Waals surface area contributed by atoms with Crippen LogP contribution in [-0.2, 0) is 6.42 Å². The molecule has 1 unspecified atom stereocenters. The molecule has 3 nitrogen and oxygen atoms in total. The van der Waals surface area contributed by atoms with Crippen molar-refractivity contribution in [2.45, 2.75) is 19.5 Å². The molecule has 0 spiro atoms. The van der Waals surface area contributed by atoms with Gasteiger partial charge in [-0.15, -0.1) is 0 Å². The van der Waals surface area contributed by atoms with E-state index >= 15 is 0 Å². The first-order valence-corrected chi connectivity index (χ1v) is 5.11. The summed E-state index contributed by atoms with van der Waals surface area (Å²) in [5.41, 5.74) is 7.27. The van der Waals surface area contributed by atoms with Crippen molar-refractivity contribution in [3.8, 4) is 11.3 Å². The molecule has 0 bridgehead atoms. The van der Waals surface area contributed by atoms with E-state index in [-0.39, 0.29) is 0 Å². The fourth-order valence-electron chi connectivity index (χ4n) is 1.60. The van der Waals surface area contributed by atoms with Crippen LogP contribution in [-0.4, -0.2) is 11.3 Å². The van der Waals surface area contributed by atoms with E-state index in [2.05, 4.69) is 5.16 Å². The van der Waals surface area contributed by atoms with Gasteiger partial charge in [0, 0.05) is 18.1 Å². The molecule has 0 aliphatic heterocycles. The Morgan fingerprint density at radius 3 is 2.88 bits per heavy atom. The SMILES string of the molecule is CC(F)Cc1cccc(-c2cc(N)no2)c1. The Hall–Kier alpha value is -1.84. The monoisotopic (exact) mass is 220 g/mol. The van der Waals surface area contributed by atoms with Crippen LogP contribution in [0.5, 0.6) is 0 Å². The molecule has 0 aliphatic carbocycles. The zero-order valence-corrected chi connectivity index (χ0v) is 8.98. The maximum absolute atomic E-state index is 12.9. The Morgan fingerprint density at radius 1 is 1.44 bits per heavy atom. The van der Waals surface area contributed by atoms with E-state index < -0.39 is 6.17 Å². The van der Waals surface area contributed by atoms with E-state index in [1.54, 1.807) is 13.0 Å². The first kappa shape index (κ1) is 10.7. The summed E-state index contributed by atoms with van der Waals surface area (Å²) in [5, 5.41) is 3.61. The van der Waals surface area contributed by atoms with Gasteiger partial charge in [-0.2, -0.15) is 0 Å². The fourth-order valence-corrected chi connectivity index (χ4v) is 1.60. The van der Waals surface area contributed by atoms with Crippen molar-refractivity contribution < 1.29 is 8.91 Å². The predicted octanol–water partition coefficient (Wildman–Crippen LogP) is 2.82. The number of hydrogen-bond acceptors (Lipinski definition) is 3. The van der Waals surface area contributed by atoms with Gasteiger partial charge in [0.05, 0.1) is 0 Å². The average Bonchev–Trinajstić information content (AvgIpc) is 2.64. The highest BCUT2D eigenvalue weighted by atomic mass is 19.1. The van der Waals surface area contributed by atoms with Gasteiger partial charge in [0.1, 0.15) is 6.17 Å². The second-order valence-electron chi connectivity index (χ2n) is 3.80. The number of alkyl halides is 1. The van der Waals surface area contributed by atoms with Crippen molar-refractivity contribution in [1.82, 2.24) is 5.16 Å². The molecule has 1 heterocycles. The second-order valence-corrected chi connectivity index (χ2v) is 3.80. The molecule has 1 aromatic heterocycles. The molecular formula is C12H13FN2O. The van der Waals surface area contributed by atoms with E-state index in [1.165, 1.54) is 0 Å². The first-order valence-electron chi connectivity index (χ1n) is 5.11. The van der Waals surface area contributed by atoms with E-state index in [4.69, 9.17) is 10.3 Å². The molecule has 84 valence electrons. The van der Waals surface area contributed by atoms with Gasteiger partial charge in [0.15, 0.2) is 11.6 Å². The lowest BCUT2D eigenvalue weighted by Crippen LogP contribution is -1.97. The number of halogens is 1. The number of anilines is 1. The molecule has 1 atom stereocenters. The smallest absolute Gasteiger partial charge is 0.169 e. The third-order valence-electron chi connectivity index (χ3n) is 2.26. The van der Waals surface area contributed by atoms with Gasteiger partial charge in [-0.1, -0.05) is 23.4 Å². The van der Waals surface area contributed by atoms with E-state index in [0.717, 1.165) is 11.1 Å². The lowest BCUT2D eigenvalue weighted by molar-refractivity contribution is 0.360. The Labute approximate surface area is 93.1 Å². The molecule has 4 heteroatoms. The molecule has 2 aromatic rings. The highest BCUT2D eigenvalue weighted by Crippen LogP contribution is 2.22. The highest BCUT2D eigenvalue weighted by molar-refractivity contribution is 5.60. The molecule has 0 radical (unpaired) electrons. The van der Waals surface area contributed by atoms with Crippen LogP contribution in [0.25, 0.3) is 11.3 Å². The van der Waals surface area contributed by atoms with Crippen molar-refractivity contribution in [2.24, 2.45) is 0 Å². The second kappa shape index (κ2) is 4.35. The molecule has 0 amide bonds. The summed E-state index contributed by atoms with van der Waals surface area (Å²) in [6, 6.07) is 9.17. The van der Waals surface area contributed by atoms with E-state index in [1.807, 2.05) is 24.3 Å². The van der Waals surface area contributed by atoms with Crippen LogP contribution in [0.4, 0.5) is 10.2 Å². The van der Waals surface area contributed by atoms with E-state index in [9.17, 15) is 4.39 Å². The highest BCUT2D eigenvalue weighted by Gasteiger charge is 2.06. The van der Waals surface area contributed by atoms with Crippen molar-refractivity contribution in [3.63, 3.8) is 0 Å². The maximum atomic E-state index is 12.9. The number of rotatable bonds is 3. The number of nitrogen functional groups attached to an aromatic ring is 1. The molecule has 0 aliphatic rings. The Kier molecular flexibility index (Phi) is 2.90. The van der Waals surface area contributed by atoms with Gasteiger partial charge in [-0.05, 0) is 18.6 Å². The van der Waals surface area contributed by atoms with Crippen LogP contribution < -0.4 is 5.73 Å². The normalized spacial score (nSPS) is 12.6. The lowest BCUT2D eigenvalue weighted by Gasteiger charge is -2.03. The van der Waals surface area contributed by atoms with Crippen LogP contribution in [0.3, 0.4) is 0 Å². The molecule has 0 saturated carbocycles. The molecular weight excluding hydrogens is 207 g/mol. The minimum Gasteiger partial charge on any atom is -0.381 e. The Balaban J connectivity index is 2.28. The largest absolute Gasteiger partial charge is 0.381 e. The Bertz CT molecular complexity index is 479. The summed E-state index contributed by atoms with van der Waals surface area (Å²) >= 11 is 0. The van der Waals surface area contributed by atoms with Gasteiger partial charge in [-0.3, -0.25) is 0 Å². The van der Waals surface area contributed by atoms with Crippen molar-refractivity contribution in [3.05, 3.63) is 35.9 Å². The van der Waals surface area contributed by atoms with Crippen LogP contribution >= 0.6 is 0 Å². The van der Waals surface area contributed by atoms with Crippen LogP contribution in [0.15, 0.2) is 34.9 Å². The molecule has 1 aromatic carbocycles. The van der Waals surface area contributed by atoms with Gasteiger partial charge in [-0.25, -0.2) is 4.39 Å². The van der Waals surface area contributed by atoms with Crippen molar-refractivity contribution >= 4 is 5.82 Å². The number of aromatic nitrogens is 1. The zero-order valence-electron chi connectivity index (χ0n) is 8.98. The molecule has 2 N–H and O–H groups in total. The quantitative estimate of drug-likeness (QED) is 0.865. The van der Waals surface area contributed by atoms with Crippen LogP contribution in [0, 0.1) is 0 Å².